The molecular formula is C16H23NO4. The molecule has 0 heterocycles. The smallest absolute Gasteiger partial charge is 0.408 e. The van der Waals surface area contributed by atoms with E-state index >= 15 is 0 Å². The highest BCUT2D eigenvalue weighted by atomic mass is 16.6. The Morgan fingerprint density at radius 3 is 2.14 bits per heavy atom. The molecule has 21 heavy (non-hydrogen) atoms. The van der Waals surface area contributed by atoms with Crippen LogP contribution in [0.4, 0.5) is 4.79 Å². The Morgan fingerprint density at radius 2 is 1.67 bits per heavy atom. The van der Waals surface area contributed by atoms with Crippen molar-refractivity contribution in [2.24, 2.45) is 0 Å². The van der Waals surface area contributed by atoms with E-state index in [1.54, 1.807) is 27.7 Å². The molecule has 1 amide bonds. The molecule has 0 aliphatic heterocycles. The minimum absolute atomic E-state index is 0.319. The maximum Gasteiger partial charge on any atom is 0.408 e. The maximum atomic E-state index is 12.0. The number of esters is 1. The summed E-state index contributed by atoms with van der Waals surface area (Å²) in [5.74, 6) is -0.516. The van der Waals surface area contributed by atoms with Gasteiger partial charge in [-0.25, -0.2) is 9.59 Å². The number of carbonyl (C=O) groups excluding carboxylic acids is 2. The number of hydrogen-bond acceptors (Lipinski definition) is 4. The van der Waals surface area contributed by atoms with Crippen molar-refractivity contribution < 1.29 is 19.1 Å². The molecule has 0 saturated carbocycles. The summed E-state index contributed by atoms with van der Waals surface area (Å²) in [5.41, 5.74) is -0.895. The van der Waals surface area contributed by atoms with Crippen LogP contribution in [0.3, 0.4) is 0 Å². The monoisotopic (exact) mass is 293 g/mol. The molecule has 0 radical (unpaired) electrons. The number of rotatable bonds is 4. The van der Waals surface area contributed by atoms with E-state index in [2.05, 4.69) is 5.32 Å². The molecule has 0 aliphatic carbocycles. The van der Waals surface area contributed by atoms with Crippen molar-refractivity contribution in [3.63, 3.8) is 0 Å². The second-order valence-electron chi connectivity index (χ2n) is 6.11. The zero-order valence-corrected chi connectivity index (χ0v) is 13.2. The van der Waals surface area contributed by atoms with Gasteiger partial charge in [-0.2, -0.15) is 0 Å². The first-order valence-electron chi connectivity index (χ1n) is 6.80. The van der Waals surface area contributed by atoms with Gasteiger partial charge in [0.2, 0.25) is 0 Å². The van der Waals surface area contributed by atoms with Crippen LogP contribution in [-0.2, 0) is 20.7 Å². The van der Waals surface area contributed by atoms with Crippen LogP contribution in [0.5, 0.6) is 0 Å². The summed E-state index contributed by atoms with van der Waals surface area (Å²) in [7, 11) is 1.29. The minimum atomic E-state index is -1.18. The normalized spacial score (nSPS) is 14.0. The molecule has 0 aromatic heterocycles. The van der Waals surface area contributed by atoms with Crippen molar-refractivity contribution in [1.82, 2.24) is 5.32 Å². The predicted octanol–water partition coefficient (Wildman–Crippen LogP) is 2.69. The Kier molecular flexibility index (Phi) is 5.35. The molecule has 0 fully saturated rings. The molecule has 5 nitrogen and oxygen atoms in total. The number of hydrogen-bond donors (Lipinski definition) is 1. The predicted molar refractivity (Wildman–Crippen MR) is 79.9 cm³/mol. The van der Waals surface area contributed by atoms with Gasteiger partial charge in [-0.3, -0.25) is 0 Å². The standard InChI is InChI=1S/C16H23NO4/c1-15(2,3)21-14(19)17-16(4,13(18)20-5)11-12-9-7-6-8-10-12/h6-10H,11H2,1-5H3,(H,17,19)/t16-/m0/s1. The Balaban J connectivity index is 2.89. The molecular weight excluding hydrogens is 270 g/mol. The molecule has 1 atom stereocenters. The molecule has 1 aromatic carbocycles. The van der Waals surface area contributed by atoms with Crippen LogP contribution in [0.15, 0.2) is 30.3 Å². The van der Waals surface area contributed by atoms with Gasteiger partial charge >= 0.3 is 12.1 Å². The number of ether oxygens (including phenoxy) is 2. The van der Waals surface area contributed by atoms with Crippen molar-refractivity contribution in [1.29, 1.82) is 0 Å². The Labute approximate surface area is 125 Å². The van der Waals surface area contributed by atoms with Gasteiger partial charge < -0.3 is 14.8 Å². The van der Waals surface area contributed by atoms with E-state index in [0.717, 1.165) is 5.56 Å². The van der Waals surface area contributed by atoms with Crippen LogP contribution >= 0.6 is 0 Å². The maximum absolute atomic E-state index is 12.0. The van der Waals surface area contributed by atoms with Crippen molar-refractivity contribution >= 4 is 12.1 Å². The van der Waals surface area contributed by atoms with E-state index in [-0.39, 0.29) is 0 Å². The summed E-state index contributed by atoms with van der Waals surface area (Å²) in [4.78, 5) is 24.0. The lowest BCUT2D eigenvalue weighted by atomic mass is 9.93. The fourth-order valence-corrected chi connectivity index (χ4v) is 1.93. The summed E-state index contributed by atoms with van der Waals surface area (Å²) in [6.45, 7) is 6.91. The molecule has 0 saturated heterocycles. The first-order valence-corrected chi connectivity index (χ1v) is 6.80. The molecule has 5 heteroatoms. The summed E-state index contributed by atoms with van der Waals surface area (Å²) in [5, 5.41) is 2.61. The quantitative estimate of drug-likeness (QED) is 0.867. The zero-order chi connectivity index (χ0) is 16.1. The highest BCUT2D eigenvalue weighted by Gasteiger charge is 2.37. The van der Waals surface area contributed by atoms with E-state index in [0.29, 0.717) is 6.42 Å². The summed E-state index contributed by atoms with van der Waals surface area (Å²) in [6.07, 6.45) is -0.328. The first-order chi connectivity index (χ1) is 9.66. The molecule has 0 aliphatic rings. The third kappa shape index (κ3) is 5.45. The minimum Gasteiger partial charge on any atom is -0.467 e. The highest BCUT2D eigenvalue weighted by Crippen LogP contribution is 2.17. The third-order valence-corrected chi connectivity index (χ3v) is 2.81. The van der Waals surface area contributed by atoms with E-state index < -0.39 is 23.2 Å². The van der Waals surface area contributed by atoms with Gasteiger partial charge in [-0.1, -0.05) is 30.3 Å². The van der Waals surface area contributed by atoms with Crippen LogP contribution in [-0.4, -0.2) is 30.3 Å². The van der Waals surface area contributed by atoms with Gasteiger partial charge in [0.05, 0.1) is 7.11 Å². The van der Waals surface area contributed by atoms with E-state index in [1.165, 1.54) is 7.11 Å². The van der Waals surface area contributed by atoms with Crippen molar-refractivity contribution in [3.8, 4) is 0 Å². The van der Waals surface area contributed by atoms with E-state index in [1.807, 2.05) is 30.3 Å². The van der Waals surface area contributed by atoms with Gasteiger partial charge in [-0.15, -0.1) is 0 Å². The second-order valence-corrected chi connectivity index (χ2v) is 6.11. The fourth-order valence-electron chi connectivity index (χ4n) is 1.93. The highest BCUT2D eigenvalue weighted by molar-refractivity contribution is 5.85. The lowest BCUT2D eigenvalue weighted by Gasteiger charge is -2.29. The van der Waals surface area contributed by atoms with Gasteiger partial charge in [0.15, 0.2) is 0 Å². The van der Waals surface area contributed by atoms with Crippen LogP contribution in [0.2, 0.25) is 0 Å². The van der Waals surface area contributed by atoms with Crippen LogP contribution in [0.1, 0.15) is 33.3 Å². The lowest BCUT2D eigenvalue weighted by molar-refractivity contribution is -0.147. The fraction of sp³-hybridized carbons (Fsp3) is 0.500. The van der Waals surface area contributed by atoms with Gasteiger partial charge in [0.1, 0.15) is 11.1 Å². The molecule has 1 rings (SSSR count). The second kappa shape index (κ2) is 6.61. The van der Waals surface area contributed by atoms with Crippen molar-refractivity contribution in [2.45, 2.75) is 45.3 Å². The molecule has 1 N–H and O–H groups in total. The van der Waals surface area contributed by atoms with Gasteiger partial charge in [-0.05, 0) is 33.3 Å². The summed E-state index contributed by atoms with van der Waals surface area (Å²) >= 11 is 0. The van der Waals surface area contributed by atoms with Crippen LogP contribution in [0.25, 0.3) is 0 Å². The Hall–Kier alpha value is -2.04. The zero-order valence-electron chi connectivity index (χ0n) is 13.2. The van der Waals surface area contributed by atoms with Gasteiger partial charge in [0, 0.05) is 6.42 Å². The van der Waals surface area contributed by atoms with E-state index in [9.17, 15) is 9.59 Å². The van der Waals surface area contributed by atoms with Crippen LogP contribution < -0.4 is 5.32 Å². The number of amides is 1. The largest absolute Gasteiger partial charge is 0.467 e. The Morgan fingerprint density at radius 1 is 1.10 bits per heavy atom. The summed E-state index contributed by atoms with van der Waals surface area (Å²) < 4.78 is 10.0. The van der Waals surface area contributed by atoms with Crippen molar-refractivity contribution in [2.75, 3.05) is 7.11 Å². The molecule has 116 valence electrons. The van der Waals surface area contributed by atoms with Crippen molar-refractivity contribution in [3.05, 3.63) is 35.9 Å². The number of methoxy groups -OCH3 is 1. The molecule has 0 unspecified atom stereocenters. The van der Waals surface area contributed by atoms with Gasteiger partial charge in [0.25, 0.3) is 0 Å². The first kappa shape index (κ1) is 17.0. The number of alkyl carbamates (subject to hydrolysis) is 1. The number of nitrogens with one attached hydrogen (secondary N) is 1. The average molecular weight is 293 g/mol. The average Bonchev–Trinajstić information content (AvgIpc) is 2.36. The third-order valence-electron chi connectivity index (χ3n) is 2.81. The molecule has 0 spiro atoms. The topological polar surface area (TPSA) is 64.6 Å². The van der Waals surface area contributed by atoms with Crippen LogP contribution in [0, 0.1) is 0 Å². The lowest BCUT2D eigenvalue weighted by Crippen LogP contribution is -2.55. The SMILES string of the molecule is COC(=O)[C@](C)(Cc1ccccc1)NC(=O)OC(C)(C)C. The Bertz CT molecular complexity index is 493. The number of carbonyl (C=O) groups is 2. The summed E-state index contributed by atoms with van der Waals surface area (Å²) in [6, 6.07) is 9.41. The molecule has 0 bridgehead atoms. The number of benzene rings is 1. The molecule has 1 aromatic rings. The van der Waals surface area contributed by atoms with E-state index in [4.69, 9.17) is 9.47 Å².